The second kappa shape index (κ2) is 53.3. The van der Waals surface area contributed by atoms with E-state index in [1.807, 2.05) is 21.1 Å². The Morgan fingerprint density at radius 1 is 0.435 bits per heavy atom. The number of phosphoric ester groups is 1. The van der Waals surface area contributed by atoms with Gasteiger partial charge in [-0.05, 0) is 64.2 Å². The van der Waals surface area contributed by atoms with Crippen molar-refractivity contribution < 1.29 is 37.3 Å². The molecule has 0 rings (SSSR count). The number of esters is 1. The third kappa shape index (κ3) is 57.8. The normalized spacial score (nSPS) is 13.5. The highest BCUT2D eigenvalue weighted by atomic mass is 31.2. The fraction of sp³-hybridized carbons (Fsp3) is 0.917. The van der Waals surface area contributed by atoms with Crippen molar-refractivity contribution in [3.8, 4) is 0 Å². The van der Waals surface area contributed by atoms with Crippen LogP contribution in [0.1, 0.15) is 296 Å². The Balaban J connectivity index is 4.01. The van der Waals surface area contributed by atoms with Crippen LogP contribution in [0.25, 0.3) is 0 Å². The Bertz CT molecular complexity index is 1160. The predicted molar refractivity (Wildman–Crippen MR) is 298 cm³/mol. The van der Waals surface area contributed by atoms with Crippen molar-refractivity contribution >= 4 is 13.8 Å². The minimum absolute atomic E-state index is 0.0906. The van der Waals surface area contributed by atoms with Crippen LogP contribution in [0.2, 0.25) is 0 Å². The molecule has 0 heterocycles. The molecular formula is C60H119NO7P+. The highest BCUT2D eigenvalue weighted by Crippen LogP contribution is 2.43. The van der Waals surface area contributed by atoms with Crippen molar-refractivity contribution in [3.63, 3.8) is 0 Å². The molecule has 8 nitrogen and oxygen atoms in total. The molecule has 0 aromatic heterocycles. The predicted octanol–water partition coefficient (Wildman–Crippen LogP) is 19.1. The van der Waals surface area contributed by atoms with Crippen LogP contribution in [-0.2, 0) is 27.9 Å². The minimum Gasteiger partial charge on any atom is -0.457 e. The van der Waals surface area contributed by atoms with E-state index in [1.54, 1.807) is 0 Å². The summed E-state index contributed by atoms with van der Waals surface area (Å²) in [7, 11) is 1.68. The molecule has 0 aromatic carbocycles. The molecular weight excluding hydrogens is 878 g/mol. The summed E-state index contributed by atoms with van der Waals surface area (Å²) < 4.78 is 35.3. The first-order valence-electron chi connectivity index (χ1n) is 30.1. The van der Waals surface area contributed by atoms with E-state index in [9.17, 15) is 14.3 Å². The third-order valence-electron chi connectivity index (χ3n) is 13.5. The Labute approximate surface area is 430 Å². The molecule has 0 aliphatic carbocycles. The summed E-state index contributed by atoms with van der Waals surface area (Å²) in [5, 5.41) is 0. The van der Waals surface area contributed by atoms with E-state index in [4.69, 9.17) is 18.5 Å². The molecule has 0 saturated carbocycles. The molecule has 0 aliphatic rings. The summed E-state index contributed by atoms with van der Waals surface area (Å²) in [5.41, 5.74) is 0. The van der Waals surface area contributed by atoms with Crippen molar-refractivity contribution in [1.29, 1.82) is 0 Å². The lowest BCUT2D eigenvalue weighted by Crippen LogP contribution is -2.37. The minimum atomic E-state index is -4.28. The van der Waals surface area contributed by atoms with Crippen LogP contribution < -0.4 is 0 Å². The molecule has 0 radical (unpaired) electrons. The van der Waals surface area contributed by atoms with Gasteiger partial charge < -0.3 is 18.9 Å². The first-order chi connectivity index (χ1) is 33.6. The summed E-state index contributed by atoms with van der Waals surface area (Å²) in [6.07, 6.45) is 65.4. The molecule has 0 fully saturated rings. The lowest BCUT2D eigenvalue weighted by molar-refractivity contribution is -0.870. The number of ether oxygens (including phenoxy) is 2. The van der Waals surface area contributed by atoms with E-state index in [0.29, 0.717) is 24.1 Å². The molecule has 69 heavy (non-hydrogen) atoms. The second-order valence-electron chi connectivity index (χ2n) is 21.7. The van der Waals surface area contributed by atoms with Gasteiger partial charge in [-0.25, -0.2) is 4.57 Å². The zero-order valence-electron chi connectivity index (χ0n) is 46.8. The highest BCUT2D eigenvalue weighted by Gasteiger charge is 2.26. The molecule has 0 aromatic rings. The van der Waals surface area contributed by atoms with Crippen molar-refractivity contribution in [2.45, 2.75) is 302 Å². The molecule has 0 saturated heterocycles. The number of allylic oxidation sites excluding steroid dienone is 4. The number of carbonyl (C=O) groups is 1. The molecule has 410 valence electrons. The lowest BCUT2D eigenvalue weighted by atomic mass is 10.0. The van der Waals surface area contributed by atoms with Crippen molar-refractivity contribution in [2.24, 2.45) is 0 Å². The lowest BCUT2D eigenvalue weighted by Gasteiger charge is -2.24. The quantitative estimate of drug-likeness (QED) is 0.0213. The maximum atomic E-state index is 12.8. The summed E-state index contributed by atoms with van der Waals surface area (Å²) in [5.74, 6) is -0.309. The summed E-state index contributed by atoms with van der Waals surface area (Å²) in [4.78, 5) is 23.1. The van der Waals surface area contributed by atoms with Crippen LogP contribution >= 0.6 is 7.82 Å². The van der Waals surface area contributed by atoms with Crippen LogP contribution in [0.15, 0.2) is 24.3 Å². The Morgan fingerprint density at radius 2 is 0.754 bits per heavy atom. The van der Waals surface area contributed by atoms with Gasteiger partial charge in [-0.2, -0.15) is 0 Å². The van der Waals surface area contributed by atoms with Gasteiger partial charge in [-0.1, -0.05) is 250 Å². The van der Waals surface area contributed by atoms with Crippen molar-refractivity contribution in [2.75, 3.05) is 54.1 Å². The van der Waals surface area contributed by atoms with Crippen LogP contribution in [-0.4, -0.2) is 75.6 Å². The summed E-state index contributed by atoms with van der Waals surface area (Å²) >= 11 is 0. The smallest absolute Gasteiger partial charge is 0.457 e. The molecule has 0 spiro atoms. The fourth-order valence-corrected chi connectivity index (χ4v) is 9.58. The maximum Gasteiger partial charge on any atom is 0.472 e. The molecule has 2 atom stereocenters. The first kappa shape index (κ1) is 68.0. The van der Waals surface area contributed by atoms with Gasteiger partial charge in [0.15, 0.2) is 0 Å². The van der Waals surface area contributed by atoms with E-state index in [1.165, 1.54) is 244 Å². The zero-order valence-corrected chi connectivity index (χ0v) is 47.7. The van der Waals surface area contributed by atoms with Gasteiger partial charge in [-0.3, -0.25) is 13.8 Å². The van der Waals surface area contributed by atoms with Gasteiger partial charge in [0, 0.05) is 13.0 Å². The Kier molecular flexibility index (Phi) is 52.5. The van der Waals surface area contributed by atoms with Gasteiger partial charge in [0.1, 0.15) is 19.3 Å². The molecule has 0 aliphatic heterocycles. The van der Waals surface area contributed by atoms with E-state index in [0.717, 1.165) is 32.1 Å². The number of hydrogen-bond donors (Lipinski definition) is 1. The number of hydrogen-bond acceptors (Lipinski definition) is 6. The average Bonchev–Trinajstić information content (AvgIpc) is 3.31. The number of quaternary nitrogens is 1. The molecule has 0 bridgehead atoms. The van der Waals surface area contributed by atoms with Crippen molar-refractivity contribution in [1.82, 2.24) is 0 Å². The number of carbonyl (C=O) groups excluding carboxylic acids is 1. The van der Waals surface area contributed by atoms with Gasteiger partial charge in [0.05, 0.1) is 34.4 Å². The topological polar surface area (TPSA) is 91.3 Å². The highest BCUT2D eigenvalue weighted by molar-refractivity contribution is 7.47. The number of phosphoric acid groups is 1. The fourth-order valence-electron chi connectivity index (χ4n) is 8.84. The van der Waals surface area contributed by atoms with Gasteiger partial charge in [0.25, 0.3) is 0 Å². The van der Waals surface area contributed by atoms with Crippen LogP contribution in [0, 0.1) is 0 Å². The van der Waals surface area contributed by atoms with E-state index >= 15 is 0 Å². The Morgan fingerprint density at radius 3 is 1.10 bits per heavy atom. The van der Waals surface area contributed by atoms with E-state index in [2.05, 4.69) is 38.2 Å². The molecule has 0 amide bonds. The molecule has 1 N–H and O–H groups in total. The second-order valence-corrected chi connectivity index (χ2v) is 23.2. The number of nitrogens with zero attached hydrogens (tertiary/aromatic N) is 1. The van der Waals surface area contributed by atoms with Crippen LogP contribution in [0.3, 0.4) is 0 Å². The third-order valence-corrected chi connectivity index (χ3v) is 14.5. The average molecular weight is 998 g/mol. The van der Waals surface area contributed by atoms with Crippen LogP contribution in [0.5, 0.6) is 0 Å². The zero-order chi connectivity index (χ0) is 50.5. The van der Waals surface area contributed by atoms with Gasteiger partial charge >= 0.3 is 13.8 Å². The SMILES string of the molecule is CCCCCCCCCC/C=C\CCCCCCCCCCCCCCCCOCC(COP(=O)(O)OCC[N+](C)(C)C)OC(=O)CCCCCCCCCCC/C=C\CCCCCCCCCC. The monoisotopic (exact) mass is 997 g/mol. The summed E-state index contributed by atoms with van der Waals surface area (Å²) in [6, 6.07) is 0. The Hall–Kier alpha value is -1.02. The van der Waals surface area contributed by atoms with E-state index in [-0.39, 0.29) is 25.8 Å². The van der Waals surface area contributed by atoms with Crippen LogP contribution in [0.4, 0.5) is 0 Å². The van der Waals surface area contributed by atoms with Gasteiger partial charge in [0.2, 0.25) is 0 Å². The summed E-state index contributed by atoms with van der Waals surface area (Å²) in [6.45, 7) is 5.69. The first-order valence-corrected chi connectivity index (χ1v) is 31.6. The molecule has 2 unspecified atom stereocenters. The van der Waals surface area contributed by atoms with E-state index < -0.39 is 13.9 Å². The van der Waals surface area contributed by atoms with Gasteiger partial charge in [-0.15, -0.1) is 0 Å². The number of likely N-dealkylation sites (N-methyl/N-ethyl adjacent to an activating group) is 1. The number of unbranched alkanes of at least 4 members (excludes halogenated alkanes) is 39. The van der Waals surface area contributed by atoms with Crippen molar-refractivity contribution in [3.05, 3.63) is 24.3 Å². The number of rotatable bonds is 57. The maximum absolute atomic E-state index is 12.8. The largest absolute Gasteiger partial charge is 0.472 e. The molecule has 9 heteroatoms. The standard InChI is InChI=1S/C60H118NO7P/c1-6-8-10-12-14-16-18-20-22-24-26-28-29-30-31-32-34-36-38-40-42-44-46-48-50-52-55-65-57-59(58-67-69(63,64)66-56-54-61(3,4)5)68-60(62)53-51-49-47-45-43-41-39-37-35-33-27-25-23-21-19-17-15-13-11-9-7-2/h24-27,59H,6-23,28-58H2,1-5H3/p+1/b26-24-,27-25-.